The Balaban J connectivity index is 1.51. The van der Waals surface area contributed by atoms with E-state index in [1.54, 1.807) is 14.2 Å². The molecular weight excluding hydrogens is 402 g/mol. The van der Waals surface area contributed by atoms with Gasteiger partial charge in [0.1, 0.15) is 0 Å². The van der Waals surface area contributed by atoms with Crippen LogP contribution >= 0.6 is 0 Å². The minimum absolute atomic E-state index is 0.00759. The van der Waals surface area contributed by atoms with Gasteiger partial charge in [-0.25, -0.2) is 0 Å². The van der Waals surface area contributed by atoms with Gasteiger partial charge in [-0.15, -0.1) is 0 Å². The first kappa shape index (κ1) is 23.1. The average molecular weight is 448 g/mol. The number of rotatable bonds is 4. The SMILES string of the molecule is COC(=O)C1CC[C@H]2[C@@H]3CCC4CC(O)C(OC)C[C@]4(C)[C@@H]3C(NC3CCCC3)C[C@]12C. The van der Waals surface area contributed by atoms with E-state index in [1.807, 2.05) is 0 Å². The number of carbonyl (C=O) groups is 1. The molecule has 182 valence electrons. The van der Waals surface area contributed by atoms with Crippen LogP contribution in [-0.4, -0.2) is 49.6 Å². The van der Waals surface area contributed by atoms with Gasteiger partial charge in [0.15, 0.2) is 0 Å². The van der Waals surface area contributed by atoms with Crippen LogP contribution in [-0.2, 0) is 14.3 Å². The summed E-state index contributed by atoms with van der Waals surface area (Å²) in [5.41, 5.74) is 0.215. The maximum atomic E-state index is 12.8. The van der Waals surface area contributed by atoms with Crippen LogP contribution in [0.5, 0.6) is 0 Å². The summed E-state index contributed by atoms with van der Waals surface area (Å²) in [4.78, 5) is 12.8. The first-order valence-corrected chi connectivity index (χ1v) is 13.4. The number of ether oxygens (including phenoxy) is 2. The van der Waals surface area contributed by atoms with Crippen molar-refractivity contribution in [1.29, 1.82) is 0 Å². The van der Waals surface area contributed by atoms with Crippen LogP contribution in [0.2, 0.25) is 0 Å². The van der Waals surface area contributed by atoms with Gasteiger partial charge in [0.05, 0.1) is 25.2 Å². The molecule has 0 spiro atoms. The number of aliphatic hydroxyl groups excluding tert-OH is 1. The smallest absolute Gasteiger partial charge is 0.309 e. The van der Waals surface area contributed by atoms with Crippen molar-refractivity contribution in [3.05, 3.63) is 0 Å². The predicted molar refractivity (Wildman–Crippen MR) is 124 cm³/mol. The van der Waals surface area contributed by atoms with Gasteiger partial charge >= 0.3 is 5.97 Å². The van der Waals surface area contributed by atoms with E-state index in [9.17, 15) is 9.90 Å². The predicted octanol–water partition coefficient (Wildman–Crippen LogP) is 4.31. The quantitative estimate of drug-likeness (QED) is 0.629. The van der Waals surface area contributed by atoms with Crippen LogP contribution in [0.25, 0.3) is 0 Å². The second-order valence-electron chi connectivity index (χ2n) is 12.5. The zero-order chi connectivity index (χ0) is 22.7. The first-order valence-electron chi connectivity index (χ1n) is 13.4. The van der Waals surface area contributed by atoms with Crippen molar-refractivity contribution in [2.24, 2.45) is 40.4 Å². The fourth-order valence-corrected chi connectivity index (χ4v) is 9.77. The summed E-state index contributed by atoms with van der Waals surface area (Å²) in [5.74, 6) is 2.46. The van der Waals surface area contributed by atoms with Gasteiger partial charge in [-0.2, -0.15) is 0 Å². The minimum atomic E-state index is -0.333. The van der Waals surface area contributed by atoms with Gasteiger partial charge in [0.25, 0.3) is 0 Å². The van der Waals surface area contributed by atoms with Crippen molar-refractivity contribution in [3.8, 4) is 0 Å². The maximum Gasteiger partial charge on any atom is 0.309 e. The molecule has 0 radical (unpaired) electrons. The molecule has 2 N–H and O–H groups in total. The Labute approximate surface area is 194 Å². The lowest BCUT2D eigenvalue weighted by atomic mass is 9.43. The largest absolute Gasteiger partial charge is 0.469 e. The van der Waals surface area contributed by atoms with Gasteiger partial charge in [-0.3, -0.25) is 4.79 Å². The standard InChI is InChI=1S/C27H45NO4/c1-26-15-23(31-3)22(29)13-16(26)9-10-18-19-11-12-20(25(30)32-4)27(19,2)14-21(24(18)26)28-17-7-5-6-8-17/h16-24,28-29H,5-15H2,1-4H3/t16?,18-,19-,20?,21?,22?,23?,24-,26-,27-/m0/s1. The maximum absolute atomic E-state index is 12.8. The summed E-state index contributed by atoms with van der Waals surface area (Å²) in [6.07, 6.45) is 12.4. The Morgan fingerprint density at radius 2 is 1.72 bits per heavy atom. The summed E-state index contributed by atoms with van der Waals surface area (Å²) in [5, 5.41) is 14.9. The fourth-order valence-electron chi connectivity index (χ4n) is 9.77. The molecule has 0 bridgehead atoms. The summed E-state index contributed by atoms with van der Waals surface area (Å²) in [7, 11) is 3.32. The van der Waals surface area contributed by atoms with Crippen molar-refractivity contribution < 1.29 is 19.4 Å². The van der Waals surface area contributed by atoms with Crippen LogP contribution in [0.3, 0.4) is 0 Å². The number of esters is 1. The molecule has 0 aromatic carbocycles. The third-order valence-electron chi connectivity index (χ3n) is 11.2. The molecule has 5 aliphatic carbocycles. The van der Waals surface area contributed by atoms with Crippen molar-refractivity contribution in [2.75, 3.05) is 14.2 Å². The van der Waals surface area contributed by atoms with E-state index in [4.69, 9.17) is 9.47 Å². The van der Waals surface area contributed by atoms with E-state index in [1.165, 1.54) is 38.5 Å². The zero-order valence-corrected chi connectivity index (χ0v) is 20.6. The molecular formula is C27H45NO4. The Bertz CT molecular complexity index is 708. The molecule has 0 aromatic heterocycles. The number of nitrogens with one attached hydrogen (secondary N) is 1. The van der Waals surface area contributed by atoms with Gasteiger partial charge in [0.2, 0.25) is 0 Å². The molecule has 0 aromatic rings. The Kier molecular flexibility index (Phi) is 6.16. The zero-order valence-electron chi connectivity index (χ0n) is 20.6. The molecule has 5 rings (SSSR count). The minimum Gasteiger partial charge on any atom is -0.469 e. The van der Waals surface area contributed by atoms with E-state index in [0.717, 1.165) is 32.1 Å². The molecule has 5 fully saturated rings. The molecule has 5 heteroatoms. The van der Waals surface area contributed by atoms with Crippen LogP contribution in [0.4, 0.5) is 0 Å². The molecule has 0 aliphatic heterocycles. The molecule has 5 aliphatic rings. The van der Waals surface area contributed by atoms with Crippen molar-refractivity contribution >= 4 is 5.97 Å². The second-order valence-corrected chi connectivity index (χ2v) is 12.5. The molecule has 0 saturated heterocycles. The third kappa shape index (κ3) is 3.48. The number of hydrogen-bond donors (Lipinski definition) is 2. The number of aliphatic hydroxyl groups is 1. The van der Waals surface area contributed by atoms with Crippen LogP contribution < -0.4 is 5.32 Å². The van der Waals surface area contributed by atoms with Gasteiger partial charge < -0.3 is 19.9 Å². The highest BCUT2D eigenvalue weighted by molar-refractivity contribution is 5.74. The van der Waals surface area contributed by atoms with Crippen molar-refractivity contribution in [2.45, 2.75) is 109 Å². The topological polar surface area (TPSA) is 67.8 Å². The van der Waals surface area contributed by atoms with E-state index in [0.29, 0.717) is 35.8 Å². The Morgan fingerprint density at radius 3 is 2.41 bits per heavy atom. The highest BCUT2D eigenvalue weighted by atomic mass is 16.5. The highest BCUT2D eigenvalue weighted by Gasteiger charge is 2.65. The van der Waals surface area contributed by atoms with Crippen molar-refractivity contribution in [1.82, 2.24) is 5.32 Å². The molecule has 0 heterocycles. The number of methoxy groups -OCH3 is 2. The summed E-state index contributed by atoms with van der Waals surface area (Å²) in [6.45, 7) is 4.92. The van der Waals surface area contributed by atoms with Crippen LogP contribution in [0.1, 0.15) is 84.5 Å². The lowest BCUT2D eigenvalue weighted by Gasteiger charge is -2.64. The van der Waals surface area contributed by atoms with Gasteiger partial charge in [0, 0.05) is 19.2 Å². The van der Waals surface area contributed by atoms with E-state index >= 15 is 0 Å². The lowest BCUT2D eigenvalue weighted by Crippen LogP contribution is -2.64. The van der Waals surface area contributed by atoms with E-state index in [2.05, 4.69) is 19.2 Å². The fraction of sp³-hybridized carbons (Fsp3) is 0.963. The Morgan fingerprint density at radius 1 is 0.969 bits per heavy atom. The number of carbonyl (C=O) groups excluding carboxylic acids is 1. The number of fused-ring (bicyclic) bond motifs is 5. The molecule has 32 heavy (non-hydrogen) atoms. The number of hydrogen-bond acceptors (Lipinski definition) is 5. The lowest BCUT2D eigenvalue weighted by molar-refractivity contribution is -0.179. The summed E-state index contributed by atoms with van der Waals surface area (Å²) < 4.78 is 11.1. The van der Waals surface area contributed by atoms with Crippen LogP contribution in [0, 0.1) is 40.4 Å². The Hall–Kier alpha value is -0.650. The molecule has 10 atom stereocenters. The average Bonchev–Trinajstić information content (AvgIpc) is 3.40. The second kappa shape index (κ2) is 8.53. The molecule has 5 nitrogen and oxygen atoms in total. The molecule has 0 amide bonds. The third-order valence-corrected chi connectivity index (χ3v) is 11.2. The normalized spacial score (nSPS) is 51.0. The molecule has 5 saturated carbocycles. The molecule has 5 unspecified atom stereocenters. The van der Waals surface area contributed by atoms with E-state index in [-0.39, 0.29) is 34.9 Å². The van der Waals surface area contributed by atoms with Crippen molar-refractivity contribution in [3.63, 3.8) is 0 Å². The van der Waals surface area contributed by atoms with Crippen LogP contribution in [0.15, 0.2) is 0 Å². The first-order chi connectivity index (χ1) is 15.3. The van der Waals surface area contributed by atoms with E-state index < -0.39 is 0 Å². The summed E-state index contributed by atoms with van der Waals surface area (Å²) in [6, 6.07) is 1.06. The monoisotopic (exact) mass is 447 g/mol. The highest BCUT2D eigenvalue weighted by Crippen LogP contribution is 2.67. The summed E-state index contributed by atoms with van der Waals surface area (Å²) >= 11 is 0. The van der Waals surface area contributed by atoms with Gasteiger partial charge in [-0.05, 0) is 92.3 Å². The van der Waals surface area contributed by atoms with Gasteiger partial charge in [-0.1, -0.05) is 26.7 Å².